The molecule has 114 valence electrons. The first-order valence-electron chi connectivity index (χ1n) is 7.46. The van der Waals surface area contributed by atoms with Crippen LogP contribution in [0.15, 0.2) is 12.1 Å². The molecule has 1 aromatic rings. The highest BCUT2D eigenvalue weighted by molar-refractivity contribution is 6.29. The Morgan fingerprint density at radius 2 is 2.14 bits per heavy atom. The fourth-order valence-electron chi connectivity index (χ4n) is 4.52. The summed E-state index contributed by atoms with van der Waals surface area (Å²) >= 11 is 5.89. The molecule has 2 aliphatic carbocycles. The normalized spacial score (nSPS) is 33.1. The number of carbonyl (C=O) groups excluding carboxylic acids is 1. The van der Waals surface area contributed by atoms with Gasteiger partial charge in [0.2, 0.25) is 0 Å². The molecule has 2 aliphatic rings. The van der Waals surface area contributed by atoms with Gasteiger partial charge < -0.3 is 11.1 Å². The minimum Gasteiger partial charge on any atom is -0.384 e. The van der Waals surface area contributed by atoms with E-state index < -0.39 is 0 Å². The number of fused-ring (bicyclic) bond motifs is 2. The lowest BCUT2D eigenvalue weighted by Gasteiger charge is -2.43. The molecule has 3 rings (SSSR count). The number of amides is 1. The van der Waals surface area contributed by atoms with Gasteiger partial charge in [0.1, 0.15) is 11.0 Å². The van der Waals surface area contributed by atoms with Crippen molar-refractivity contribution in [3.8, 4) is 0 Å². The maximum atomic E-state index is 12.6. The molecule has 0 aliphatic heterocycles. The molecule has 3 N–H and O–H groups in total. The molecule has 0 spiro atoms. The lowest BCUT2D eigenvalue weighted by Crippen LogP contribution is -2.52. The number of pyridine rings is 1. The van der Waals surface area contributed by atoms with Crippen molar-refractivity contribution in [2.75, 3.05) is 5.73 Å². The van der Waals surface area contributed by atoms with Crippen LogP contribution in [-0.4, -0.2) is 16.9 Å². The molecule has 0 radical (unpaired) electrons. The van der Waals surface area contributed by atoms with Gasteiger partial charge in [-0.3, -0.25) is 4.79 Å². The number of nitrogen functional groups attached to an aromatic ring is 1. The minimum absolute atomic E-state index is 0.113. The van der Waals surface area contributed by atoms with Gasteiger partial charge >= 0.3 is 0 Å². The van der Waals surface area contributed by atoms with Gasteiger partial charge in [-0.2, -0.15) is 0 Å². The van der Waals surface area contributed by atoms with Gasteiger partial charge in [-0.1, -0.05) is 32.4 Å². The van der Waals surface area contributed by atoms with Gasteiger partial charge in [-0.15, -0.1) is 0 Å². The van der Waals surface area contributed by atoms with Crippen LogP contribution >= 0.6 is 11.6 Å². The summed E-state index contributed by atoms with van der Waals surface area (Å²) in [5, 5.41) is 3.48. The number of rotatable bonds is 2. The molecule has 21 heavy (non-hydrogen) atoms. The van der Waals surface area contributed by atoms with Crippen LogP contribution < -0.4 is 11.1 Å². The molecular weight excluding hydrogens is 286 g/mol. The van der Waals surface area contributed by atoms with Gasteiger partial charge in [-0.05, 0) is 48.1 Å². The van der Waals surface area contributed by atoms with Crippen LogP contribution in [-0.2, 0) is 0 Å². The van der Waals surface area contributed by atoms with Crippen molar-refractivity contribution in [2.24, 2.45) is 16.7 Å². The second-order valence-electron chi connectivity index (χ2n) is 7.43. The Balaban J connectivity index is 1.84. The van der Waals surface area contributed by atoms with Crippen molar-refractivity contribution < 1.29 is 4.79 Å². The van der Waals surface area contributed by atoms with Gasteiger partial charge in [0.05, 0.1) is 0 Å². The fraction of sp³-hybridized carbons (Fsp3) is 0.625. The largest absolute Gasteiger partial charge is 0.384 e. The standard InChI is InChI=1S/C16H22ClN3O/c1-15(2)10-4-5-16(3,8-10)14(15)20-13(21)9-6-11(17)19-12(18)7-9/h6-7,10,14H,4-5,8H2,1-3H3,(H2,18,19)(H,20,21). The molecule has 2 bridgehead atoms. The number of nitrogens with zero attached hydrogens (tertiary/aromatic N) is 1. The van der Waals surface area contributed by atoms with E-state index in [9.17, 15) is 4.79 Å². The molecule has 1 aromatic heterocycles. The van der Waals surface area contributed by atoms with Crippen molar-refractivity contribution in [1.82, 2.24) is 10.3 Å². The van der Waals surface area contributed by atoms with E-state index in [2.05, 4.69) is 31.1 Å². The van der Waals surface area contributed by atoms with Crippen LogP contribution in [0.25, 0.3) is 0 Å². The first kappa shape index (κ1) is 14.6. The second-order valence-corrected chi connectivity index (χ2v) is 7.81. The van der Waals surface area contributed by atoms with E-state index in [-0.39, 0.29) is 33.7 Å². The van der Waals surface area contributed by atoms with E-state index in [0.29, 0.717) is 11.5 Å². The number of aromatic nitrogens is 1. The third kappa shape index (κ3) is 2.30. The molecule has 2 fully saturated rings. The topological polar surface area (TPSA) is 68.0 Å². The molecular formula is C16H22ClN3O. The zero-order valence-corrected chi connectivity index (χ0v) is 13.5. The Labute approximate surface area is 130 Å². The van der Waals surface area contributed by atoms with Crippen LogP contribution in [0.2, 0.25) is 5.15 Å². The van der Waals surface area contributed by atoms with E-state index in [1.165, 1.54) is 19.3 Å². The zero-order valence-electron chi connectivity index (χ0n) is 12.7. The van der Waals surface area contributed by atoms with Crippen LogP contribution in [0.4, 0.5) is 5.82 Å². The van der Waals surface area contributed by atoms with E-state index in [0.717, 1.165) is 0 Å². The molecule has 2 saturated carbocycles. The summed E-state index contributed by atoms with van der Waals surface area (Å²) in [6.45, 7) is 6.82. The number of nitrogens with two attached hydrogens (primary N) is 1. The Morgan fingerprint density at radius 1 is 1.43 bits per heavy atom. The highest BCUT2D eigenvalue weighted by Crippen LogP contribution is 2.62. The second kappa shape index (κ2) is 4.60. The number of hydrogen-bond acceptors (Lipinski definition) is 3. The first-order chi connectivity index (χ1) is 9.72. The molecule has 3 unspecified atom stereocenters. The van der Waals surface area contributed by atoms with Crippen LogP contribution in [0.3, 0.4) is 0 Å². The van der Waals surface area contributed by atoms with Gasteiger partial charge in [-0.25, -0.2) is 4.98 Å². The van der Waals surface area contributed by atoms with Crippen LogP contribution in [0.5, 0.6) is 0 Å². The molecule has 1 heterocycles. The smallest absolute Gasteiger partial charge is 0.251 e. The summed E-state index contributed by atoms with van der Waals surface area (Å²) in [5.41, 5.74) is 6.48. The third-order valence-corrected chi connectivity index (χ3v) is 5.81. The van der Waals surface area contributed by atoms with Crippen molar-refractivity contribution >= 4 is 23.3 Å². The highest BCUT2D eigenvalue weighted by Gasteiger charge is 2.59. The maximum absolute atomic E-state index is 12.6. The lowest BCUT2D eigenvalue weighted by molar-refractivity contribution is 0.0737. The molecule has 1 amide bonds. The van der Waals surface area contributed by atoms with E-state index in [1.807, 2.05) is 0 Å². The highest BCUT2D eigenvalue weighted by atomic mass is 35.5. The summed E-state index contributed by atoms with van der Waals surface area (Å²) in [6, 6.07) is 3.32. The number of halogens is 1. The number of hydrogen-bond donors (Lipinski definition) is 2. The number of nitrogens with one attached hydrogen (secondary N) is 1. The fourth-order valence-corrected chi connectivity index (χ4v) is 4.74. The summed E-state index contributed by atoms with van der Waals surface area (Å²) in [4.78, 5) is 16.5. The van der Waals surface area contributed by atoms with Gasteiger partial charge in [0.15, 0.2) is 0 Å². The lowest BCUT2D eigenvalue weighted by atomic mass is 9.68. The number of carbonyl (C=O) groups is 1. The van der Waals surface area contributed by atoms with Crippen molar-refractivity contribution in [1.29, 1.82) is 0 Å². The predicted octanol–water partition coefficient (Wildman–Crippen LogP) is 3.26. The average molecular weight is 308 g/mol. The monoisotopic (exact) mass is 307 g/mol. The first-order valence-corrected chi connectivity index (χ1v) is 7.84. The van der Waals surface area contributed by atoms with E-state index >= 15 is 0 Å². The molecule has 0 aromatic carbocycles. The summed E-state index contributed by atoms with van der Waals surface area (Å²) in [7, 11) is 0. The summed E-state index contributed by atoms with van der Waals surface area (Å²) < 4.78 is 0. The Hall–Kier alpha value is -1.29. The van der Waals surface area contributed by atoms with Crippen molar-refractivity contribution in [3.05, 3.63) is 22.8 Å². The van der Waals surface area contributed by atoms with Crippen molar-refractivity contribution in [3.63, 3.8) is 0 Å². The van der Waals surface area contributed by atoms with E-state index in [1.54, 1.807) is 12.1 Å². The summed E-state index contributed by atoms with van der Waals surface area (Å²) in [6.07, 6.45) is 3.65. The molecule has 0 saturated heterocycles. The minimum atomic E-state index is -0.113. The van der Waals surface area contributed by atoms with Crippen molar-refractivity contribution in [2.45, 2.75) is 46.1 Å². The maximum Gasteiger partial charge on any atom is 0.251 e. The Kier molecular flexibility index (Phi) is 3.21. The van der Waals surface area contributed by atoms with E-state index in [4.69, 9.17) is 17.3 Å². The molecule has 3 atom stereocenters. The Morgan fingerprint density at radius 3 is 2.71 bits per heavy atom. The molecule has 4 nitrogen and oxygen atoms in total. The van der Waals surface area contributed by atoms with Gasteiger partial charge in [0, 0.05) is 11.6 Å². The molecule has 5 heteroatoms. The Bertz CT molecular complexity index is 576. The zero-order chi connectivity index (χ0) is 15.4. The van der Waals surface area contributed by atoms with Crippen LogP contribution in [0.1, 0.15) is 50.4 Å². The van der Waals surface area contributed by atoms with Crippen LogP contribution in [0, 0.1) is 16.7 Å². The SMILES string of the molecule is CC12CCC(C1)C(C)(C)C2NC(=O)c1cc(N)nc(Cl)c1. The van der Waals surface area contributed by atoms with Gasteiger partial charge in [0.25, 0.3) is 5.91 Å². The number of anilines is 1. The third-order valence-electron chi connectivity index (χ3n) is 5.62. The quantitative estimate of drug-likeness (QED) is 0.824. The summed E-state index contributed by atoms with van der Waals surface area (Å²) in [5.74, 6) is 0.850. The predicted molar refractivity (Wildman–Crippen MR) is 84.1 cm³/mol. The average Bonchev–Trinajstić information content (AvgIpc) is 2.84.